The third kappa shape index (κ3) is 4.67. The summed E-state index contributed by atoms with van der Waals surface area (Å²) < 4.78 is 29.9. The van der Waals surface area contributed by atoms with Gasteiger partial charge in [-0.2, -0.15) is 0 Å². The molecule has 0 fully saturated rings. The summed E-state index contributed by atoms with van der Waals surface area (Å²) in [6.45, 7) is 4.00. The summed E-state index contributed by atoms with van der Waals surface area (Å²) in [7, 11) is 0.500. The molecule has 1 heterocycles. The van der Waals surface area contributed by atoms with Gasteiger partial charge < -0.3 is 4.74 Å². The van der Waals surface area contributed by atoms with Gasteiger partial charge in [0.2, 0.25) is 0 Å². The molecule has 96 valence electrons. The van der Waals surface area contributed by atoms with Crippen LogP contribution in [0.1, 0.15) is 34.6 Å². The van der Waals surface area contributed by atoms with Gasteiger partial charge in [0.25, 0.3) is 0 Å². The van der Waals surface area contributed by atoms with E-state index in [0.717, 1.165) is 0 Å². The number of hydrogen-bond acceptors (Lipinski definition) is 3. The number of carbonyl (C=O) groups is 2. The Hall–Kier alpha value is -1.85. The van der Waals surface area contributed by atoms with Crippen LogP contribution in [0.15, 0.2) is 24.3 Å². The van der Waals surface area contributed by atoms with Crippen LogP contribution in [-0.2, 0) is 4.74 Å². The molecule has 0 aromatic heterocycles. The fourth-order valence-corrected chi connectivity index (χ4v) is 1.03. The Morgan fingerprint density at radius 2 is 1.18 bits per heavy atom. The van der Waals surface area contributed by atoms with Crippen molar-refractivity contribution in [3.63, 3.8) is 0 Å². The maximum atomic E-state index is 10.8. The van der Waals surface area contributed by atoms with E-state index in [4.69, 9.17) is 9.15 Å². The summed E-state index contributed by atoms with van der Waals surface area (Å²) >= 11 is 0. The molecular formula is C11H13F3O3. The van der Waals surface area contributed by atoms with Crippen LogP contribution < -0.4 is 0 Å². The summed E-state index contributed by atoms with van der Waals surface area (Å²) in [5.41, 5.74) is 0.718. The van der Waals surface area contributed by atoms with Crippen LogP contribution in [0.5, 0.6) is 0 Å². The molecule has 0 atom stereocenters. The molecule has 1 aromatic carbocycles. The molecule has 17 heavy (non-hydrogen) atoms. The first-order chi connectivity index (χ1) is 8.29. The molecule has 0 spiro atoms. The number of halogens is 3. The van der Waals surface area contributed by atoms with E-state index >= 15 is 0 Å². The number of ether oxygens (including phenoxy) is 1. The van der Waals surface area contributed by atoms with Crippen molar-refractivity contribution < 1.29 is 27.9 Å². The Morgan fingerprint density at radius 1 is 0.882 bits per heavy atom. The van der Waals surface area contributed by atoms with Gasteiger partial charge in [0.1, 0.15) is 0 Å². The van der Waals surface area contributed by atoms with E-state index in [9.17, 15) is 14.0 Å². The summed E-state index contributed by atoms with van der Waals surface area (Å²) in [5.74, 6) is -1.10. The molecule has 0 unspecified atom stereocenters. The van der Waals surface area contributed by atoms with E-state index in [0.29, 0.717) is 18.3 Å². The van der Waals surface area contributed by atoms with Gasteiger partial charge in [-0.25, -0.2) is 9.59 Å². The summed E-state index contributed by atoms with van der Waals surface area (Å²) in [5, 5.41) is 0. The van der Waals surface area contributed by atoms with Crippen LogP contribution in [0.25, 0.3) is 0 Å². The van der Waals surface area contributed by atoms with Gasteiger partial charge in [-0.1, -0.05) is 26.0 Å². The van der Waals surface area contributed by atoms with Gasteiger partial charge in [-0.05, 0) is 12.1 Å². The number of hydrogen-bond donors (Lipinski definition) is 0. The van der Waals surface area contributed by atoms with Crippen molar-refractivity contribution >= 4 is 11.9 Å². The average Bonchev–Trinajstić information content (AvgIpc) is 2.73. The molecule has 0 radical (unpaired) electrons. The Labute approximate surface area is 97.1 Å². The van der Waals surface area contributed by atoms with Crippen molar-refractivity contribution in [2.75, 3.05) is 7.18 Å². The predicted octanol–water partition coefficient (Wildman–Crippen LogP) is 3.45. The Morgan fingerprint density at radius 3 is 1.47 bits per heavy atom. The van der Waals surface area contributed by atoms with Crippen molar-refractivity contribution in [2.24, 2.45) is 0 Å². The quantitative estimate of drug-likeness (QED) is 0.523. The smallest absolute Gasteiger partial charge is 0.346 e. The largest absolute Gasteiger partial charge is 0.386 e. The maximum absolute atomic E-state index is 10.8. The lowest BCUT2D eigenvalue weighted by molar-refractivity contribution is 0.0444. The number of fused-ring (bicyclic) bond motifs is 1. The lowest BCUT2D eigenvalue weighted by atomic mass is 10.1. The fourth-order valence-electron chi connectivity index (χ4n) is 1.03. The summed E-state index contributed by atoms with van der Waals surface area (Å²) in [4.78, 5) is 21.7. The first-order valence-corrected chi connectivity index (χ1v) is 4.66. The van der Waals surface area contributed by atoms with E-state index in [1.807, 2.05) is 13.8 Å². The number of cyclic esters (lactones) is 2. The third-order valence-electron chi connectivity index (χ3n) is 1.55. The summed E-state index contributed by atoms with van der Waals surface area (Å²) in [6, 6.07) is 6.53. The highest BCUT2D eigenvalue weighted by Gasteiger charge is 2.28. The van der Waals surface area contributed by atoms with Crippen LogP contribution in [0, 0.1) is 0 Å². The first-order valence-electron chi connectivity index (χ1n) is 4.66. The Bertz CT molecular complexity index is 321. The second-order valence-corrected chi connectivity index (χ2v) is 2.22. The molecule has 1 aromatic rings. The number of rotatable bonds is 0. The van der Waals surface area contributed by atoms with Gasteiger partial charge in [0, 0.05) is 9.15 Å². The minimum Gasteiger partial charge on any atom is -0.386 e. The molecule has 1 aliphatic heterocycles. The first kappa shape index (κ1) is 17.5. The molecule has 0 saturated carbocycles. The minimum atomic E-state index is -0.550. The zero-order valence-corrected chi connectivity index (χ0v) is 9.67. The molecule has 0 bridgehead atoms. The van der Waals surface area contributed by atoms with E-state index in [1.54, 1.807) is 24.3 Å². The van der Waals surface area contributed by atoms with Gasteiger partial charge in [0.15, 0.2) is 0 Å². The number of benzene rings is 1. The molecule has 0 aliphatic carbocycles. The van der Waals surface area contributed by atoms with Gasteiger partial charge in [0.05, 0.1) is 18.3 Å². The number of esters is 2. The molecule has 3 nitrogen and oxygen atoms in total. The van der Waals surface area contributed by atoms with Crippen molar-refractivity contribution in [3.8, 4) is 0 Å². The lowest BCUT2D eigenvalue weighted by Gasteiger charge is -1.86. The SMILES string of the molecule is CC.CF.FF.O=C1OC(=O)c2ccccc21. The highest BCUT2D eigenvalue weighted by atomic mass is 20.0. The molecular weight excluding hydrogens is 237 g/mol. The summed E-state index contributed by atoms with van der Waals surface area (Å²) in [6.07, 6.45) is 0. The van der Waals surface area contributed by atoms with Gasteiger partial charge in [-0.15, -0.1) is 0 Å². The molecule has 0 N–H and O–H groups in total. The second kappa shape index (κ2) is 10.7. The molecule has 6 heteroatoms. The van der Waals surface area contributed by atoms with E-state index in [2.05, 4.69) is 4.74 Å². The van der Waals surface area contributed by atoms with Crippen LogP contribution in [0.3, 0.4) is 0 Å². The Balaban J connectivity index is 0. The molecule has 1 aliphatic rings. The van der Waals surface area contributed by atoms with Crippen LogP contribution in [0.4, 0.5) is 13.5 Å². The van der Waals surface area contributed by atoms with Gasteiger partial charge >= 0.3 is 11.9 Å². The van der Waals surface area contributed by atoms with E-state index < -0.39 is 11.9 Å². The second-order valence-electron chi connectivity index (χ2n) is 2.22. The number of carbonyl (C=O) groups excluding carboxylic acids is 2. The lowest BCUT2D eigenvalue weighted by Crippen LogP contribution is -1.96. The predicted molar refractivity (Wildman–Crippen MR) is 56.8 cm³/mol. The van der Waals surface area contributed by atoms with Crippen LogP contribution in [-0.4, -0.2) is 19.1 Å². The fraction of sp³-hybridized carbons (Fsp3) is 0.273. The monoisotopic (exact) mass is 250 g/mol. The topological polar surface area (TPSA) is 43.4 Å². The normalized spacial score (nSPS) is 10.5. The van der Waals surface area contributed by atoms with Crippen molar-refractivity contribution in [3.05, 3.63) is 35.4 Å². The maximum Gasteiger partial charge on any atom is 0.346 e. The molecule has 0 amide bonds. The van der Waals surface area contributed by atoms with Crippen LogP contribution >= 0.6 is 0 Å². The standard InChI is InChI=1S/C8H4O3.C2H6.CH3F.F2/c9-7-5-3-1-2-4-6(5)8(10)11-7;3*1-2/h1-4H;1-2H3;1H3;. The van der Waals surface area contributed by atoms with E-state index in [1.165, 1.54) is 0 Å². The number of alkyl halides is 1. The van der Waals surface area contributed by atoms with Crippen molar-refractivity contribution in [1.82, 2.24) is 0 Å². The molecule has 2 rings (SSSR count). The zero-order chi connectivity index (χ0) is 13.8. The third-order valence-corrected chi connectivity index (χ3v) is 1.55. The zero-order valence-electron chi connectivity index (χ0n) is 9.67. The van der Waals surface area contributed by atoms with Crippen LogP contribution in [0.2, 0.25) is 0 Å². The van der Waals surface area contributed by atoms with Crippen molar-refractivity contribution in [2.45, 2.75) is 13.8 Å². The highest BCUT2D eigenvalue weighted by Crippen LogP contribution is 2.18. The van der Waals surface area contributed by atoms with Gasteiger partial charge in [-0.3, -0.25) is 4.39 Å². The minimum absolute atomic E-state index is 0.359. The molecule has 0 saturated heterocycles. The average molecular weight is 250 g/mol. The van der Waals surface area contributed by atoms with E-state index in [-0.39, 0.29) is 0 Å². The highest BCUT2D eigenvalue weighted by molar-refractivity contribution is 6.14. The van der Waals surface area contributed by atoms with Crippen molar-refractivity contribution in [1.29, 1.82) is 0 Å². The Kier molecular flexibility index (Phi) is 11.0.